The molecule has 3 rings (SSSR count). The standard InChI is InChI=1S/C19H17FN2O5S2/c1-22(19(23)24)11-13-10-16(15-7-4-8-21-17(15)20)18(28-13)29(25,26)14-6-3-5-12(9-14)27-2/h3-10H,11H2,1-2H3,(H,23,24). The van der Waals surface area contributed by atoms with Crippen molar-refractivity contribution in [3.63, 3.8) is 0 Å². The lowest BCUT2D eigenvalue weighted by atomic mass is 10.1. The summed E-state index contributed by atoms with van der Waals surface area (Å²) in [7, 11) is -1.24. The fourth-order valence-electron chi connectivity index (χ4n) is 2.65. The number of hydrogen-bond acceptors (Lipinski definition) is 6. The first-order valence-electron chi connectivity index (χ1n) is 8.31. The highest BCUT2D eigenvalue weighted by molar-refractivity contribution is 7.93. The van der Waals surface area contributed by atoms with Gasteiger partial charge in [0, 0.05) is 29.2 Å². The molecule has 0 aliphatic rings. The molecule has 0 spiro atoms. The van der Waals surface area contributed by atoms with Gasteiger partial charge in [-0.15, -0.1) is 11.3 Å². The number of thiophene rings is 1. The van der Waals surface area contributed by atoms with Crippen molar-refractivity contribution in [2.75, 3.05) is 14.2 Å². The molecular weight excluding hydrogens is 419 g/mol. The second kappa shape index (κ2) is 8.18. The second-order valence-electron chi connectivity index (χ2n) is 6.08. The molecule has 0 radical (unpaired) electrons. The highest BCUT2D eigenvalue weighted by Crippen LogP contribution is 2.39. The fraction of sp³-hybridized carbons (Fsp3) is 0.158. The number of pyridine rings is 1. The van der Waals surface area contributed by atoms with Crippen LogP contribution in [0.3, 0.4) is 0 Å². The van der Waals surface area contributed by atoms with Gasteiger partial charge < -0.3 is 14.7 Å². The molecule has 0 bridgehead atoms. The molecule has 152 valence electrons. The minimum absolute atomic E-state index is 0.0117. The molecule has 2 heterocycles. The van der Waals surface area contributed by atoms with Gasteiger partial charge in [-0.25, -0.2) is 18.2 Å². The molecule has 0 saturated heterocycles. The van der Waals surface area contributed by atoms with Crippen LogP contribution in [0.25, 0.3) is 11.1 Å². The summed E-state index contributed by atoms with van der Waals surface area (Å²) in [5, 5.41) is 9.10. The minimum Gasteiger partial charge on any atom is -0.497 e. The van der Waals surface area contributed by atoms with Gasteiger partial charge in [0.05, 0.1) is 18.6 Å². The van der Waals surface area contributed by atoms with E-state index in [-0.39, 0.29) is 26.8 Å². The van der Waals surface area contributed by atoms with Crippen molar-refractivity contribution in [3.05, 3.63) is 59.5 Å². The molecule has 2 aromatic heterocycles. The topological polar surface area (TPSA) is 96.8 Å². The Morgan fingerprint density at radius 2 is 2.00 bits per heavy atom. The molecule has 1 N–H and O–H groups in total. The Morgan fingerprint density at radius 3 is 2.66 bits per heavy atom. The van der Waals surface area contributed by atoms with Crippen LogP contribution in [0.15, 0.2) is 57.8 Å². The third-order valence-corrected chi connectivity index (χ3v) is 7.52. The molecule has 0 atom stereocenters. The largest absolute Gasteiger partial charge is 0.497 e. The summed E-state index contributed by atoms with van der Waals surface area (Å²) in [6, 6.07) is 10.4. The highest BCUT2D eigenvalue weighted by atomic mass is 32.2. The zero-order valence-electron chi connectivity index (χ0n) is 15.5. The summed E-state index contributed by atoms with van der Waals surface area (Å²) in [5.41, 5.74) is 0.159. The Hall–Kier alpha value is -2.98. The van der Waals surface area contributed by atoms with Crippen LogP contribution in [-0.2, 0) is 16.4 Å². The van der Waals surface area contributed by atoms with E-state index in [4.69, 9.17) is 9.84 Å². The van der Waals surface area contributed by atoms with Crippen molar-refractivity contribution < 1.29 is 27.4 Å². The normalized spacial score (nSPS) is 11.3. The summed E-state index contributed by atoms with van der Waals surface area (Å²) in [6.45, 7) is -0.0392. The summed E-state index contributed by atoms with van der Waals surface area (Å²) in [4.78, 5) is 16.2. The van der Waals surface area contributed by atoms with Crippen LogP contribution in [0.2, 0.25) is 0 Å². The maximum atomic E-state index is 14.3. The van der Waals surface area contributed by atoms with Gasteiger partial charge in [0.25, 0.3) is 0 Å². The van der Waals surface area contributed by atoms with Crippen LogP contribution in [-0.4, -0.2) is 43.7 Å². The van der Waals surface area contributed by atoms with E-state index in [2.05, 4.69) is 4.98 Å². The molecular formula is C19H17FN2O5S2. The van der Waals surface area contributed by atoms with Gasteiger partial charge in [-0.1, -0.05) is 6.07 Å². The predicted molar refractivity (Wildman–Crippen MR) is 105 cm³/mol. The van der Waals surface area contributed by atoms with Gasteiger partial charge in [0.1, 0.15) is 9.96 Å². The SMILES string of the molecule is COc1cccc(S(=O)(=O)c2sc(CN(C)C(=O)O)cc2-c2cccnc2F)c1. The second-order valence-corrected chi connectivity index (χ2v) is 9.36. The maximum absolute atomic E-state index is 14.3. The average molecular weight is 436 g/mol. The highest BCUT2D eigenvalue weighted by Gasteiger charge is 2.28. The number of amides is 1. The van der Waals surface area contributed by atoms with E-state index >= 15 is 0 Å². The molecule has 0 unspecified atom stereocenters. The van der Waals surface area contributed by atoms with Gasteiger partial charge in [0.15, 0.2) is 0 Å². The first kappa shape index (κ1) is 20.7. The Labute approximate surface area is 170 Å². The monoisotopic (exact) mass is 436 g/mol. The van der Waals surface area contributed by atoms with E-state index in [1.165, 1.54) is 50.7 Å². The van der Waals surface area contributed by atoms with E-state index in [0.29, 0.717) is 10.6 Å². The summed E-state index contributed by atoms with van der Waals surface area (Å²) >= 11 is 0.896. The van der Waals surface area contributed by atoms with Gasteiger partial charge >= 0.3 is 6.09 Å². The molecule has 7 nitrogen and oxygen atoms in total. The number of sulfone groups is 1. The third kappa shape index (κ3) is 4.22. The number of carbonyl (C=O) groups is 1. The third-order valence-electron chi connectivity index (χ3n) is 4.11. The number of halogens is 1. The molecule has 1 aromatic carbocycles. The lowest BCUT2D eigenvalue weighted by molar-refractivity contribution is 0.154. The van der Waals surface area contributed by atoms with Crippen molar-refractivity contribution in [2.45, 2.75) is 15.6 Å². The number of benzene rings is 1. The molecule has 1 amide bonds. The number of carboxylic acid groups (broad SMARTS) is 1. The summed E-state index contributed by atoms with van der Waals surface area (Å²) in [6.07, 6.45) is 0.102. The van der Waals surface area contributed by atoms with E-state index in [1.807, 2.05) is 0 Å². The number of nitrogens with zero attached hydrogens (tertiary/aromatic N) is 2. The van der Waals surface area contributed by atoms with Gasteiger partial charge in [-0.2, -0.15) is 4.39 Å². The first-order valence-corrected chi connectivity index (χ1v) is 10.6. The lowest BCUT2D eigenvalue weighted by Gasteiger charge is -2.10. The van der Waals surface area contributed by atoms with E-state index < -0.39 is 21.9 Å². The van der Waals surface area contributed by atoms with E-state index in [1.54, 1.807) is 12.1 Å². The first-order chi connectivity index (χ1) is 13.7. The quantitative estimate of drug-likeness (QED) is 0.589. The van der Waals surface area contributed by atoms with Crippen LogP contribution in [0.5, 0.6) is 5.75 Å². The molecule has 29 heavy (non-hydrogen) atoms. The molecule has 0 saturated carbocycles. The smallest absolute Gasteiger partial charge is 0.407 e. The summed E-state index contributed by atoms with van der Waals surface area (Å²) in [5.74, 6) is -0.451. The zero-order chi connectivity index (χ0) is 21.2. The van der Waals surface area contributed by atoms with Gasteiger partial charge in [-0.3, -0.25) is 0 Å². The van der Waals surface area contributed by atoms with Gasteiger partial charge in [0.2, 0.25) is 15.8 Å². The van der Waals surface area contributed by atoms with Crippen LogP contribution in [0.4, 0.5) is 9.18 Å². The van der Waals surface area contributed by atoms with E-state index in [9.17, 15) is 17.6 Å². The fourth-order valence-corrected chi connectivity index (χ4v) is 5.85. The molecule has 0 fully saturated rings. The lowest BCUT2D eigenvalue weighted by Crippen LogP contribution is -2.23. The zero-order valence-corrected chi connectivity index (χ0v) is 17.1. The van der Waals surface area contributed by atoms with Crippen LogP contribution in [0, 0.1) is 5.95 Å². The van der Waals surface area contributed by atoms with Crippen molar-refractivity contribution in [1.82, 2.24) is 9.88 Å². The van der Waals surface area contributed by atoms with Crippen LogP contribution >= 0.6 is 11.3 Å². The Bertz CT molecular complexity index is 1160. The van der Waals surface area contributed by atoms with Crippen molar-refractivity contribution in [1.29, 1.82) is 0 Å². The molecule has 10 heteroatoms. The molecule has 0 aliphatic heterocycles. The number of ether oxygens (including phenoxy) is 1. The number of rotatable bonds is 6. The number of aromatic nitrogens is 1. The Morgan fingerprint density at radius 1 is 1.24 bits per heavy atom. The average Bonchev–Trinajstić information content (AvgIpc) is 3.12. The predicted octanol–water partition coefficient (Wildman–Crippen LogP) is 3.90. The van der Waals surface area contributed by atoms with Crippen molar-refractivity contribution >= 4 is 27.3 Å². The van der Waals surface area contributed by atoms with Crippen LogP contribution < -0.4 is 4.74 Å². The van der Waals surface area contributed by atoms with Crippen molar-refractivity contribution in [3.8, 4) is 16.9 Å². The van der Waals surface area contributed by atoms with Gasteiger partial charge in [-0.05, 0) is 36.4 Å². The maximum Gasteiger partial charge on any atom is 0.407 e. The van der Waals surface area contributed by atoms with Crippen molar-refractivity contribution in [2.24, 2.45) is 0 Å². The van der Waals surface area contributed by atoms with Crippen LogP contribution in [0.1, 0.15) is 4.88 Å². The minimum atomic E-state index is -4.02. The molecule has 0 aliphatic carbocycles. The Kier molecular flexibility index (Phi) is 5.85. The number of hydrogen-bond donors (Lipinski definition) is 1. The Balaban J connectivity index is 2.19. The summed E-state index contributed by atoms with van der Waals surface area (Å²) < 4.78 is 46.0. The molecule has 3 aromatic rings. The number of methoxy groups -OCH3 is 1. The van der Waals surface area contributed by atoms with E-state index in [0.717, 1.165) is 16.2 Å².